The second kappa shape index (κ2) is 7.53. The molecule has 0 aromatic heterocycles. The molecule has 24 heavy (non-hydrogen) atoms. The van der Waals surface area contributed by atoms with Crippen molar-refractivity contribution in [3.63, 3.8) is 0 Å². The number of amides is 2. The Bertz CT molecular complexity index is 629. The number of anilines is 1. The third-order valence-electron chi connectivity index (χ3n) is 5.04. The minimum Gasteiger partial charge on any atom is -0.339 e. The smallest absolute Gasteiger partial charge is 0.256 e. The van der Waals surface area contributed by atoms with Crippen molar-refractivity contribution in [2.75, 3.05) is 18.4 Å². The average Bonchev–Trinajstić information content (AvgIpc) is 3.21. The van der Waals surface area contributed by atoms with Crippen LogP contribution < -0.4 is 11.1 Å². The highest BCUT2D eigenvalue weighted by Crippen LogP contribution is 2.28. The maximum absolute atomic E-state index is 12.7. The van der Waals surface area contributed by atoms with E-state index in [9.17, 15) is 9.59 Å². The molecular weight excluding hydrogens is 326 g/mol. The van der Waals surface area contributed by atoms with Gasteiger partial charge in [0, 0.05) is 30.6 Å². The maximum atomic E-state index is 12.7. The monoisotopic (exact) mass is 349 g/mol. The van der Waals surface area contributed by atoms with Crippen LogP contribution in [0, 0.1) is 5.92 Å². The molecule has 2 fully saturated rings. The van der Waals surface area contributed by atoms with E-state index in [0.717, 1.165) is 45.2 Å². The fourth-order valence-electron chi connectivity index (χ4n) is 3.65. The summed E-state index contributed by atoms with van der Waals surface area (Å²) in [5.41, 5.74) is 7.04. The highest BCUT2D eigenvalue weighted by molar-refractivity contribution is 6.31. The second-order valence-electron chi connectivity index (χ2n) is 6.80. The van der Waals surface area contributed by atoms with E-state index in [1.54, 1.807) is 18.2 Å². The highest BCUT2D eigenvalue weighted by Gasteiger charge is 2.27. The maximum Gasteiger partial charge on any atom is 0.256 e. The standard InChI is InChI=1S/C18H24ClN3O2/c19-13-6-7-16(14(11-13)18(24)22-8-1-2-9-22)21-17(23)10-12-4-3-5-15(12)20/h6-7,11-12,15H,1-5,8-10,20H2,(H,21,23)/t12-,15+/m0/s1. The first-order valence-electron chi connectivity index (χ1n) is 8.69. The number of benzene rings is 1. The van der Waals surface area contributed by atoms with Gasteiger partial charge in [0.1, 0.15) is 0 Å². The summed E-state index contributed by atoms with van der Waals surface area (Å²) < 4.78 is 0. The predicted molar refractivity (Wildman–Crippen MR) is 95.2 cm³/mol. The molecule has 3 N–H and O–H groups in total. The van der Waals surface area contributed by atoms with E-state index < -0.39 is 0 Å². The van der Waals surface area contributed by atoms with Crippen LogP contribution in [-0.4, -0.2) is 35.8 Å². The van der Waals surface area contributed by atoms with Gasteiger partial charge in [-0.2, -0.15) is 0 Å². The van der Waals surface area contributed by atoms with E-state index in [4.69, 9.17) is 17.3 Å². The Balaban J connectivity index is 1.72. The van der Waals surface area contributed by atoms with Gasteiger partial charge in [0.15, 0.2) is 0 Å². The summed E-state index contributed by atoms with van der Waals surface area (Å²) in [6.07, 6.45) is 5.51. The van der Waals surface area contributed by atoms with Crippen LogP contribution in [0.5, 0.6) is 0 Å². The first-order valence-corrected chi connectivity index (χ1v) is 9.06. The lowest BCUT2D eigenvalue weighted by molar-refractivity contribution is -0.117. The van der Waals surface area contributed by atoms with Crippen molar-refractivity contribution in [3.05, 3.63) is 28.8 Å². The molecular formula is C18H24ClN3O2. The number of rotatable bonds is 4. The van der Waals surface area contributed by atoms with Crippen molar-refractivity contribution in [3.8, 4) is 0 Å². The topological polar surface area (TPSA) is 75.4 Å². The van der Waals surface area contributed by atoms with E-state index >= 15 is 0 Å². The van der Waals surface area contributed by atoms with Gasteiger partial charge in [-0.1, -0.05) is 18.0 Å². The van der Waals surface area contributed by atoms with Gasteiger partial charge in [-0.15, -0.1) is 0 Å². The molecule has 2 amide bonds. The summed E-state index contributed by atoms with van der Waals surface area (Å²) in [5, 5.41) is 3.38. The molecule has 130 valence electrons. The fraction of sp³-hybridized carbons (Fsp3) is 0.556. The molecule has 1 saturated heterocycles. The van der Waals surface area contributed by atoms with Crippen LogP contribution in [0.25, 0.3) is 0 Å². The van der Waals surface area contributed by atoms with Crippen LogP contribution in [0.3, 0.4) is 0 Å². The van der Waals surface area contributed by atoms with Crippen molar-refractivity contribution in [1.82, 2.24) is 4.90 Å². The van der Waals surface area contributed by atoms with Crippen molar-refractivity contribution in [2.24, 2.45) is 11.7 Å². The van der Waals surface area contributed by atoms with Crippen LogP contribution in [0.1, 0.15) is 48.9 Å². The van der Waals surface area contributed by atoms with E-state index in [1.807, 2.05) is 4.90 Å². The summed E-state index contributed by atoms with van der Waals surface area (Å²) >= 11 is 6.06. The summed E-state index contributed by atoms with van der Waals surface area (Å²) in [4.78, 5) is 26.9. The number of nitrogens with one attached hydrogen (secondary N) is 1. The van der Waals surface area contributed by atoms with Gasteiger partial charge in [-0.05, 0) is 49.8 Å². The third-order valence-corrected chi connectivity index (χ3v) is 5.28. The molecule has 2 atom stereocenters. The first kappa shape index (κ1) is 17.2. The van der Waals surface area contributed by atoms with Crippen molar-refractivity contribution < 1.29 is 9.59 Å². The zero-order valence-corrected chi connectivity index (χ0v) is 14.5. The van der Waals surface area contributed by atoms with Gasteiger partial charge in [0.05, 0.1) is 11.3 Å². The number of hydrogen-bond acceptors (Lipinski definition) is 3. The minimum atomic E-state index is -0.0878. The molecule has 2 aliphatic rings. The lowest BCUT2D eigenvalue weighted by Crippen LogP contribution is -2.30. The van der Waals surface area contributed by atoms with Gasteiger partial charge in [0.25, 0.3) is 5.91 Å². The first-order chi connectivity index (χ1) is 11.5. The molecule has 5 nitrogen and oxygen atoms in total. The average molecular weight is 350 g/mol. The summed E-state index contributed by atoms with van der Waals surface area (Å²) in [7, 11) is 0. The van der Waals surface area contributed by atoms with Crippen molar-refractivity contribution >= 4 is 29.1 Å². The van der Waals surface area contributed by atoms with Crippen LogP contribution in [0.15, 0.2) is 18.2 Å². The van der Waals surface area contributed by atoms with E-state index in [2.05, 4.69) is 5.32 Å². The Labute approximate surface area is 147 Å². The molecule has 6 heteroatoms. The zero-order chi connectivity index (χ0) is 17.1. The largest absolute Gasteiger partial charge is 0.339 e. The Morgan fingerprint density at radius 3 is 2.62 bits per heavy atom. The van der Waals surface area contributed by atoms with Crippen LogP contribution in [0.4, 0.5) is 5.69 Å². The highest BCUT2D eigenvalue weighted by atomic mass is 35.5. The van der Waals surface area contributed by atoms with Gasteiger partial charge in [0.2, 0.25) is 5.91 Å². The number of hydrogen-bond donors (Lipinski definition) is 2. The molecule has 0 radical (unpaired) electrons. The van der Waals surface area contributed by atoms with Crippen LogP contribution in [-0.2, 0) is 4.79 Å². The summed E-state index contributed by atoms with van der Waals surface area (Å²) in [5.74, 6) is 0.0769. The minimum absolute atomic E-state index is 0.0668. The summed E-state index contributed by atoms with van der Waals surface area (Å²) in [6, 6.07) is 5.14. The Kier molecular flexibility index (Phi) is 5.41. The SMILES string of the molecule is N[C@@H]1CCC[C@H]1CC(=O)Nc1ccc(Cl)cc1C(=O)N1CCCC1. The molecule has 0 unspecified atom stereocenters. The molecule has 1 heterocycles. The summed E-state index contributed by atoms with van der Waals surface area (Å²) in [6.45, 7) is 1.52. The van der Waals surface area contributed by atoms with E-state index in [1.165, 1.54) is 0 Å². The van der Waals surface area contributed by atoms with Gasteiger partial charge in [-0.25, -0.2) is 0 Å². The van der Waals surface area contributed by atoms with E-state index in [-0.39, 0.29) is 23.8 Å². The van der Waals surface area contributed by atoms with Gasteiger partial charge < -0.3 is 16.0 Å². The van der Waals surface area contributed by atoms with Crippen LogP contribution >= 0.6 is 11.6 Å². The number of carbonyl (C=O) groups is 2. The normalized spacial score (nSPS) is 23.5. The molecule has 3 rings (SSSR count). The molecule has 1 aromatic rings. The molecule has 1 saturated carbocycles. The quantitative estimate of drug-likeness (QED) is 0.877. The number of carbonyl (C=O) groups excluding carboxylic acids is 2. The third kappa shape index (κ3) is 3.90. The number of likely N-dealkylation sites (tertiary alicyclic amines) is 1. The van der Waals surface area contributed by atoms with Gasteiger partial charge >= 0.3 is 0 Å². The van der Waals surface area contributed by atoms with Crippen LogP contribution in [0.2, 0.25) is 5.02 Å². The molecule has 1 aromatic carbocycles. The number of nitrogens with two attached hydrogens (primary N) is 1. The Morgan fingerprint density at radius 2 is 1.96 bits per heavy atom. The lowest BCUT2D eigenvalue weighted by Gasteiger charge is -2.19. The molecule has 0 spiro atoms. The zero-order valence-electron chi connectivity index (χ0n) is 13.8. The number of halogens is 1. The second-order valence-corrected chi connectivity index (χ2v) is 7.23. The van der Waals surface area contributed by atoms with Gasteiger partial charge in [-0.3, -0.25) is 9.59 Å². The lowest BCUT2D eigenvalue weighted by atomic mass is 9.99. The fourth-order valence-corrected chi connectivity index (χ4v) is 3.82. The number of nitrogens with zero attached hydrogens (tertiary/aromatic N) is 1. The molecule has 1 aliphatic heterocycles. The van der Waals surface area contributed by atoms with E-state index in [0.29, 0.717) is 22.7 Å². The molecule has 0 bridgehead atoms. The Hall–Kier alpha value is -1.59. The molecule has 1 aliphatic carbocycles. The van der Waals surface area contributed by atoms with Crippen molar-refractivity contribution in [1.29, 1.82) is 0 Å². The van der Waals surface area contributed by atoms with Crippen molar-refractivity contribution in [2.45, 2.75) is 44.6 Å². The Morgan fingerprint density at radius 1 is 1.21 bits per heavy atom. The predicted octanol–water partition coefficient (Wildman–Crippen LogP) is 3.03.